The Morgan fingerprint density at radius 3 is 2.52 bits per heavy atom. The highest BCUT2D eigenvalue weighted by atomic mass is 79.9. The average molecular weight is 670 g/mol. The highest BCUT2D eigenvalue weighted by molar-refractivity contribution is 9.10. The lowest BCUT2D eigenvalue weighted by Gasteiger charge is -2.25. The lowest BCUT2D eigenvalue weighted by Crippen LogP contribution is -2.40. The lowest BCUT2D eigenvalue weighted by atomic mass is 9.96. The first-order chi connectivity index (χ1) is 21.4. The van der Waals surface area contributed by atoms with Gasteiger partial charge in [-0.1, -0.05) is 78.1 Å². The van der Waals surface area contributed by atoms with Crippen LogP contribution in [-0.4, -0.2) is 24.3 Å². The van der Waals surface area contributed by atoms with E-state index in [0.717, 1.165) is 27.5 Å². The van der Waals surface area contributed by atoms with Gasteiger partial charge in [-0.3, -0.25) is 9.36 Å². The first-order valence-electron chi connectivity index (χ1n) is 14.1. The molecule has 0 unspecified atom stereocenters. The third-order valence-electron chi connectivity index (χ3n) is 7.45. The molecule has 0 amide bonds. The van der Waals surface area contributed by atoms with E-state index >= 15 is 0 Å². The molecular weight excluding hydrogens is 640 g/mol. The number of hydrogen-bond donors (Lipinski definition) is 0. The molecule has 0 aliphatic carbocycles. The van der Waals surface area contributed by atoms with Crippen LogP contribution in [0.4, 0.5) is 0 Å². The number of hydrogen-bond acceptors (Lipinski definition) is 7. The van der Waals surface area contributed by atoms with E-state index in [-0.39, 0.29) is 12.2 Å². The summed E-state index contributed by atoms with van der Waals surface area (Å²) in [4.78, 5) is 32.8. The predicted octanol–water partition coefficient (Wildman–Crippen LogP) is 6.30. The number of thiazole rings is 1. The fourth-order valence-electron chi connectivity index (χ4n) is 5.38. The normalized spacial score (nSPS) is 14.7. The van der Waals surface area contributed by atoms with Crippen molar-refractivity contribution in [3.05, 3.63) is 137 Å². The molecule has 1 atom stereocenters. The SMILES string of the molecule is CCOC(=O)C1=C(C)N=c2s/c(=C/c3c(OCc4ccccc4)ccc4ccccc34)c(=O)n2[C@@H]1c1ccc(OC)c(Br)c1. The topological polar surface area (TPSA) is 79.1 Å². The summed E-state index contributed by atoms with van der Waals surface area (Å²) in [5.41, 5.74) is 3.12. The molecule has 0 fully saturated rings. The van der Waals surface area contributed by atoms with Crippen LogP contribution in [0.5, 0.6) is 11.5 Å². The fraction of sp³-hybridized carbons (Fsp3) is 0.171. The number of carbonyl (C=O) groups is 1. The number of benzene rings is 4. The van der Waals surface area contributed by atoms with Gasteiger partial charge in [0.05, 0.1) is 40.0 Å². The quantitative estimate of drug-likeness (QED) is 0.181. The highest BCUT2D eigenvalue weighted by Crippen LogP contribution is 2.35. The lowest BCUT2D eigenvalue weighted by molar-refractivity contribution is -0.139. The molecule has 0 saturated carbocycles. The molecule has 222 valence electrons. The Kier molecular flexibility index (Phi) is 8.50. The number of nitrogens with zero attached hydrogens (tertiary/aromatic N) is 2. The van der Waals surface area contributed by atoms with Gasteiger partial charge >= 0.3 is 5.97 Å². The highest BCUT2D eigenvalue weighted by Gasteiger charge is 2.33. The Balaban J connectivity index is 1.54. The molecule has 1 aliphatic heterocycles. The maximum atomic E-state index is 14.3. The zero-order chi connectivity index (χ0) is 30.8. The number of ether oxygens (including phenoxy) is 3. The smallest absolute Gasteiger partial charge is 0.338 e. The van der Waals surface area contributed by atoms with Crippen LogP contribution in [0.2, 0.25) is 0 Å². The van der Waals surface area contributed by atoms with Crippen molar-refractivity contribution < 1.29 is 19.0 Å². The minimum Gasteiger partial charge on any atom is -0.496 e. The number of aromatic nitrogens is 1. The van der Waals surface area contributed by atoms with E-state index in [1.807, 2.05) is 84.9 Å². The Labute approximate surface area is 266 Å². The van der Waals surface area contributed by atoms with Crippen LogP contribution >= 0.6 is 27.3 Å². The molecule has 6 rings (SSSR count). The summed E-state index contributed by atoms with van der Waals surface area (Å²) in [7, 11) is 1.59. The van der Waals surface area contributed by atoms with Gasteiger partial charge in [-0.05, 0) is 76.0 Å². The summed E-state index contributed by atoms with van der Waals surface area (Å²) in [6.45, 7) is 4.11. The molecule has 0 spiro atoms. The van der Waals surface area contributed by atoms with Crippen molar-refractivity contribution in [1.29, 1.82) is 0 Å². The van der Waals surface area contributed by atoms with Crippen LogP contribution in [0, 0.1) is 0 Å². The van der Waals surface area contributed by atoms with Gasteiger partial charge in [0.15, 0.2) is 4.80 Å². The van der Waals surface area contributed by atoms with Crippen molar-refractivity contribution in [3.63, 3.8) is 0 Å². The second kappa shape index (κ2) is 12.6. The van der Waals surface area contributed by atoms with Crippen molar-refractivity contribution in [2.24, 2.45) is 4.99 Å². The van der Waals surface area contributed by atoms with Gasteiger partial charge in [0.2, 0.25) is 0 Å². The maximum Gasteiger partial charge on any atom is 0.338 e. The zero-order valence-electron chi connectivity index (χ0n) is 24.4. The van der Waals surface area contributed by atoms with Crippen molar-refractivity contribution in [2.75, 3.05) is 13.7 Å². The Morgan fingerprint density at radius 1 is 1.02 bits per heavy atom. The molecule has 0 N–H and O–H groups in total. The summed E-state index contributed by atoms with van der Waals surface area (Å²) in [5, 5.41) is 1.99. The van der Waals surface area contributed by atoms with Gasteiger partial charge in [-0.25, -0.2) is 9.79 Å². The summed E-state index contributed by atoms with van der Waals surface area (Å²) in [5.74, 6) is 0.793. The third kappa shape index (κ3) is 5.60. The van der Waals surface area contributed by atoms with Crippen molar-refractivity contribution in [3.8, 4) is 11.5 Å². The Morgan fingerprint density at radius 2 is 1.77 bits per heavy atom. The largest absolute Gasteiger partial charge is 0.496 e. The van der Waals surface area contributed by atoms with E-state index in [1.165, 1.54) is 11.3 Å². The van der Waals surface area contributed by atoms with Gasteiger partial charge in [0.1, 0.15) is 18.1 Å². The molecule has 7 nitrogen and oxygen atoms in total. The first-order valence-corrected chi connectivity index (χ1v) is 15.7. The number of carbonyl (C=O) groups excluding carboxylic acids is 1. The third-order valence-corrected chi connectivity index (χ3v) is 9.05. The fourth-order valence-corrected chi connectivity index (χ4v) is 6.96. The molecule has 4 aromatic carbocycles. The molecule has 0 saturated heterocycles. The van der Waals surface area contributed by atoms with E-state index in [4.69, 9.17) is 19.2 Å². The van der Waals surface area contributed by atoms with Crippen LogP contribution in [0.1, 0.15) is 36.6 Å². The standard InChI is InChI=1S/C35H29BrN2O5S/c1-4-42-34(40)31-21(2)37-35-38(32(31)24-15-17-29(41-3)27(36)18-24)33(39)30(44-35)19-26-25-13-9-8-12-23(25)14-16-28(26)43-20-22-10-6-5-7-11-22/h5-19,32H,4,20H2,1-3H3/b30-19+/t32-/m1/s1. The summed E-state index contributed by atoms with van der Waals surface area (Å²) in [6.07, 6.45) is 1.87. The van der Waals surface area contributed by atoms with E-state index in [0.29, 0.717) is 43.2 Å². The minimum absolute atomic E-state index is 0.200. The van der Waals surface area contributed by atoms with Crippen LogP contribution in [0.25, 0.3) is 16.8 Å². The van der Waals surface area contributed by atoms with E-state index in [2.05, 4.69) is 15.9 Å². The number of halogens is 1. The van der Waals surface area contributed by atoms with E-state index < -0.39 is 12.0 Å². The second-order valence-electron chi connectivity index (χ2n) is 10.2. The minimum atomic E-state index is -0.740. The number of fused-ring (bicyclic) bond motifs is 2. The zero-order valence-corrected chi connectivity index (χ0v) is 26.8. The van der Waals surface area contributed by atoms with Gasteiger partial charge in [-0.15, -0.1) is 0 Å². The number of allylic oxidation sites excluding steroid dienone is 1. The molecule has 2 heterocycles. The molecule has 0 radical (unpaired) electrons. The predicted molar refractivity (Wildman–Crippen MR) is 176 cm³/mol. The molecule has 5 aromatic rings. The number of esters is 1. The van der Waals surface area contributed by atoms with Crippen LogP contribution in [0.3, 0.4) is 0 Å². The van der Waals surface area contributed by atoms with E-state index in [9.17, 15) is 9.59 Å². The van der Waals surface area contributed by atoms with Gasteiger partial charge < -0.3 is 14.2 Å². The second-order valence-corrected chi connectivity index (χ2v) is 12.0. The first kappa shape index (κ1) is 29.6. The Hall–Kier alpha value is -4.47. The van der Waals surface area contributed by atoms with Gasteiger partial charge in [-0.2, -0.15) is 0 Å². The van der Waals surface area contributed by atoms with Crippen molar-refractivity contribution in [2.45, 2.75) is 26.5 Å². The molecule has 1 aliphatic rings. The average Bonchev–Trinajstić information content (AvgIpc) is 3.34. The summed E-state index contributed by atoms with van der Waals surface area (Å²) < 4.78 is 19.9. The van der Waals surface area contributed by atoms with Crippen LogP contribution in [-0.2, 0) is 16.1 Å². The van der Waals surface area contributed by atoms with E-state index in [1.54, 1.807) is 31.6 Å². The van der Waals surface area contributed by atoms with Crippen LogP contribution in [0.15, 0.2) is 110 Å². The summed E-state index contributed by atoms with van der Waals surface area (Å²) >= 11 is 4.84. The Bertz CT molecular complexity index is 2100. The number of methoxy groups -OCH3 is 1. The van der Waals surface area contributed by atoms with Gasteiger partial charge in [0, 0.05) is 5.56 Å². The molecule has 9 heteroatoms. The van der Waals surface area contributed by atoms with Crippen molar-refractivity contribution in [1.82, 2.24) is 4.57 Å². The number of rotatable bonds is 8. The molecule has 0 bridgehead atoms. The maximum absolute atomic E-state index is 14.3. The van der Waals surface area contributed by atoms with Crippen LogP contribution < -0.4 is 24.4 Å². The molecule has 1 aromatic heterocycles. The monoisotopic (exact) mass is 668 g/mol. The van der Waals surface area contributed by atoms with Crippen molar-refractivity contribution >= 4 is 50.1 Å². The molecular formula is C35H29BrN2O5S. The molecule has 44 heavy (non-hydrogen) atoms. The van der Waals surface area contributed by atoms with Gasteiger partial charge in [0.25, 0.3) is 5.56 Å². The summed E-state index contributed by atoms with van der Waals surface area (Å²) in [6, 6.07) is 26.7.